The van der Waals surface area contributed by atoms with Crippen LogP contribution in [0.25, 0.3) is 16.3 Å². The summed E-state index contributed by atoms with van der Waals surface area (Å²) in [6.45, 7) is 7.51. The van der Waals surface area contributed by atoms with Crippen molar-refractivity contribution in [2.24, 2.45) is 0 Å². The maximum atomic E-state index is 13.6. The van der Waals surface area contributed by atoms with Gasteiger partial charge in [0.25, 0.3) is 5.01 Å². The van der Waals surface area contributed by atoms with E-state index in [9.17, 15) is 21.8 Å². The first-order valence-corrected chi connectivity index (χ1v) is 15.6. The molecule has 3 aromatic carbocycles. The number of halogens is 2. The fraction of sp³-hybridized carbons (Fsp3) is 0.167. The zero-order chi connectivity index (χ0) is 28.9. The first-order valence-electron chi connectivity index (χ1n) is 12.5. The third kappa shape index (κ3) is 7.06. The van der Waals surface area contributed by atoms with Gasteiger partial charge in [-0.05, 0) is 69.3 Å². The lowest BCUT2D eigenvalue weighted by Gasteiger charge is -2.17. The van der Waals surface area contributed by atoms with Crippen molar-refractivity contribution in [2.75, 3.05) is 11.4 Å². The zero-order valence-electron chi connectivity index (χ0n) is 22.2. The van der Waals surface area contributed by atoms with Crippen LogP contribution in [0.4, 0.5) is 14.5 Å². The average molecular weight is 599 g/mol. The van der Waals surface area contributed by atoms with E-state index in [-0.39, 0.29) is 16.5 Å². The molecule has 0 aliphatic carbocycles. The molecule has 40 heavy (non-hydrogen) atoms. The first kappa shape index (κ1) is 29.7. The fourth-order valence-electron chi connectivity index (χ4n) is 4.09. The van der Waals surface area contributed by atoms with Gasteiger partial charge in [-0.3, -0.25) is 0 Å². The highest BCUT2D eigenvalue weighted by molar-refractivity contribution is 8.03. The van der Waals surface area contributed by atoms with Crippen LogP contribution < -0.4 is 9.47 Å². The lowest BCUT2D eigenvalue weighted by molar-refractivity contribution is -0.665. The lowest BCUT2D eigenvalue weighted by atomic mass is 10.2. The third-order valence-electron chi connectivity index (χ3n) is 6.03. The molecule has 0 fully saturated rings. The van der Waals surface area contributed by atoms with Crippen molar-refractivity contribution < 1.29 is 26.3 Å². The molecule has 10 heteroatoms. The summed E-state index contributed by atoms with van der Waals surface area (Å²) in [5, 5.41) is 2.16. The molecule has 0 atom stereocenters. The van der Waals surface area contributed by atoms with Crippen molar-refractivity contribution in [2.45, 2.75) is 37.1 Å². The predicted octanol–water partition coefficient (Wildman–Crippen LogP) is 7.43. The number of benzene rings is 3. The SMILES string of the molecule is CCN1C(=CC=CC=Cc2sc3ccc(F)cc3[n+]2CC)Sc2ccc(F)cc21.Cc1ccc(S(=O)(=O)[O-])cc1. The maximum absolute atomic E-state index is 13.6. The van der Waals surface area contributed by atoms with Gasteiger partial charge >= 0.3 is 0 Å². The minimum atomic E-state index is -4.27. The Morgan fingerprint density at radius 3 is 2.33 bits per heavy atom. The van der Waals surface area contributed by atoms with Crippen molar-refractivity contribution in [3.8, 4) is 0 Å². The van der Waals surface area contributed by atoms with Gasteiger partial charge in [-0.25, -0.2) is 17.2 Å². The van der Waals surface area contributed by atoms with E-state index < -0.39 is 10.1 Å². The molecule has 5 nitrogen and oxygen atoms in total. The van der Waals surface area contributed by atoms with Crippen molar-refractivity contribution in [1.29, 1.82) is 0 Å². The van der Waals surface area contributed by atoms with Crippen LogP contribution in [0.3, 0.4) is 0 Å². The van der Waals surface area contributed by atoms with Crippen LogP contribution in [-0.4, -0.2) is 19.5 Å². The molecule has 0 amide bonds. The van der Waals surface area contributed by atoms with Gasteiger partial charge in [0.05, 0.1) is 15.6 Å². The summed E-state index contributed by atoms with van der Waals surface area (Å²) in [4.78, 5) is 3.01. The van der Waals surface area contributed by atoms with E-state index in [0.29, 0.717) is 0 Å². The van der Waals surface area contributed by atoms with E-state index in [1.165, 1.54) is 24.3 Å². The Hall–Kier alpha value is -3.31. The molecule has 4 aromatic rings. The van der Waals surface area contributed by atoms with Gasteiger partial charge in [0.2, 0.25) is 5.52 Å². The number of nitrogens with zero attached hydrogens (tertiary/aromatic N) is 2. The van der Waals surface area contributed by atoms with Crippen molar-refractivity contribution in [1.82, 2.24) is 0 Å². The summed E-state index contributed by atoms with van der Waals surface area (Å²) in [6, 6.07) is 15.6. The largest absolute Gasteiger partial charge is 0.744 e. The van der Waals surface area contributed by atoms with Crippen LogP contribution in [0, 0.1) is 18.6 Å². The molecule has 1 aromatic heterocycles. The number of rotatable bonds is 6. The van der Waals surface area contributed by atoms with Gasteiger partial charge in [0, 0.05) is 23.6 Å². The first-order chi connectivity index (χ1) is 19.1. The summed E-state index contributed by atoms with van der Waals surface area (Å²) in [5.74, 6) is -0.426. The molecule has 0 N–H and O–H groups in total. The van der Waals surface area contributed by atoms with Crippen LogP contribution in [-0.2, 0) is 16.7 Å². The summed E-state index contributed by atoms with van der Waals surface area (Å²) >= 11 is 3.30. The predicted molar refractivity (Wildman–Crippen MR) is 158 cm³/mol. The number of anilines is 1. The van der Waals surface area contributed by atoms with Gasteiger partial charge in [-0.1, -0.05) is 59.0 Å². The second-order valence-electron chi connectivity index (χ2n) is 8.77. The molecule has 1 aliphatic rings. The number of fused-ring (bicyclic) bond motifs is 2. The Kier molecular flexibility index (Phi) is 9.57. The fourth-order valence-corrected chi connectivity index (χ4v) is 6.80. The highest BCUT2D eigenvalue weighted by Gasteiger charge is 2.23. The number of aryl methyl sites for hydroxylation is 2. The van der Waals surface area contributed by atoms with Crippen LogP contribution in [0.15, 0.2) is 99.8 Å². The topological polar surface area (TPSA) is 64.3 Å². The third-order valence-corrected chi connectivity index (χ3v) is 9.14. The Morgan fingerprint density at radius 2 is 1.65 bits per heavy atom. The van der Waals surface area contributed by atoms with E-state index in [2.05, 4.69) is 23.3 Å². The molecule has 0 bridgehead atoms. The Balaban J connectivity index is 0.000000283. The Morgan fingerprint density at radius 1 is 0.950 bits per heavy atom. The van der Waals surface area contributed by atoms with Gasteiger partial charge < -0.3 is 9.45 Å². The number of allylic oxidation sites excluding steroid dienone is 4. The van der Waals surface area contributed by atoms with E-state index >= 15 is 0 Å². The van der Waals surface area contributed by atoms with Crippen molar-refractivity contribution in [3.05, 3.63) is 112 Å². The molecule has 0 saturated heterocycles. The second kappa shape index (κ2) is 12.9. The van der Waals surface area contributed by atoms with Gasteiger partial charge in [0.1, 0.15) is 33.0 Å². The van der Waals surface area contributed by atoms with Crippen LogP contribution in [0.1, 0.15) is 24.4 Å². The smallest absolute Gasteiger partial charge is 0.262 e. The number of thioether (sulfide) groups is 1. The van der Waals surface area contributed by atoms with Crippen molar-refractivity contribution >= 4 is 55.2 Å². The normalized spacial score (nSPS) is 14.3. The van der Waals surface area contributed by atoms with Crippen LogP contribution in [0.2, 0.25) is 0 Å². The number of hydrogen-bond acceptors (Lipinski definition) is 6. The second-order valence-corrected chi connectivity index (χ2v) is 12.3. The van der Waals surface area contributed by atoms with E-state index in [1.807, 2.05) is 49.4 Å². The quantitative estimate of drug-likeness (QED) is 0.131. The summed E-state index contributed by atoms with van der Waals surface area (Å²) in [7, 11) is -4.27. The molecule has 5 rings (SSSR count). The monoisotopic (exact) mass is 598 g/mol. The Bertz CT molecular complexity index is 1710. The van der Waals surface area contributed by atoms with Gasteiger partial charge in [0.15, 0.2) is 0 Å². The molecule has 0 saturated carbocycles. The standard InChI is InChI=1S/C23H21F2N2S2.C7H8O3S/c1-3-26-18-14-16(24)10-12-20(18)28-22(26)8-6-5-7-9-23-27(4-2)19-15-17(25)11-13-21(19)29-23;1-6-2-4-7(5-3-6)11(8,9)10/h5-15H,3-4H2,1-2H3;2-5H,1H3,(H,8,9,10)/q+1;/p-1. The molecule has 0 spiro atoms. The molecule has 0 unspecified atom stereocenters. The minimum absolute atomic E-state index is 0.178. The van der Waals surface area contributed by atoms with Crippen LogP contribution in [0.5, 0.6) is 0 Å². The zero-order valence-corrected chi connectivity index (χ0v) is 24.6. The number of aromatic nitrogens is 1. The molecule has 1 aliphatic heterocycles. The lowest BCUT2D eigenvalue weighted by Crippen LogP contribution is -2.33. The average Bonchev–Trinajstić information content (AvgIpc) is 3.44. The van der Waals surface area contributed by atoms with Gasteiger partial charge in [-0.2, -0.15) is 4.57 Å². The van der Waals surface area contributed by atoms with E-state index in [1.54, 1.807) is 47.4 Å². The summed E-state index contributed by atoms with van der Waals surface area (Å²) in [6.07, 6.45) is 10.1. The summed E-state index contributed by atoms with van der Waals surface area (Å²) < 4.78 is 61.5. The minimum Gasteiger partial charge on any atom is -0.744 e. The summed E-state index contributed by atoms with van der Waals surface area (Å²) in [5.41, 5.74) is 2.78. The highest BCUT2D eigenvalue weighted by Crippen LogP contribution is 2.45. The maximum Gasteiger partial charge on any atom is 0.262 e. The van der Waals surface area contributed by atoms with E-state index in [0.717, 1.165) is 49.5 Å². The van der Waals surface area contributed by atoms with Crippen LogP contribution >= 0.6 is 23.1 Å². The molecule has 2 heterocycles. The van der Waals surface area contributed by atoms with Gasteiger partial charge in [-0.15, -0.1) is 0 Å². The molecular weight excluding hydrogens is 571 g/mol. The number of thiazole rings is 1. The molecular formula is C30H28F2N2O3S3. The van der Waals surface area contributed by atoms with E-state index in [4.69, 9.17) is 0 Å². The Labute approximate surface area is 241 Å². The van der Waals surface area contributed by atoms with Crippen molar-refractivity contribution in [3.63, 3.8) is 0 Å². The number of hydrogen-bond donors (Lipinski definition) is 0. The highest BCUT2D eigenvalue weighted by atomic mass is 32.2. The molecule has 0 radical (unpaired) electrons. The molecule has 208 valence electrons.